The van der Waals surface area contributed by atoms with Gasteiger partial charge in [-0.2, -0.15) is 0 Å². The lowest BCUT2D eigenvalue weighted by Crippen LogP contribution is -2.34. The summed E-state index contributed by atoms with van der Waals surface area (Å²) < 4.78 is 32.1. The average Bonchev–Trinajstić information content (AvgIpc) is 3.01. The van der Waals surface area contributed by atoms with Crippen molar-refractivity contribution in [3.05, 3.63) is 24.3 Å². The number of sulfonamides is 1. The number of carbonyl (C=O) groups is 1. The molecule has 1 aromatic rings. The minimum Gasteiger partial charge on any atom is -0.491 e. The summed E-state index contributed by atoms with van der Waals surface area (Å²) in [6, 6.07) is 6.60. The van der Waals surface area contributed by atoms with Crippen LogP contribution in [0.1, 0.15) is 26.7 Å². The van der Waals surface area contributed by atoms with Crippen LogP contribution in [0.15, 0.2) is 24.3 Å². The third-order valence-electron chi connectivity index (χ3n) is 3.86. The Morgan fingerprint density at radius 2 is 2.04 bits per heavy atom. The molecule has 1 heterocycles. The Kier molecular flexibility index (Phi) is 7.07. The normalized spacial score (nSPS) is 17.5. The highest BCUT2D eigenvalue weighted by molar-refractivity contribution is 7.93. The number of carbonyl (C=O) groups excluding carboxylic acids is 1. The van der Waals surface area contributed by atoms with Gasteiger partial charge in [-0.15, -0.1) is 0 Å². The second-order valence-corrected chi connectivity index (χ2v) is 8.27. The highest BCUT2D eigenvalue weighted by atomic mass is 32.2. The van der Waals surface area contributed by atoms with Crippen LogP contribution >= 0.6 is 0 Å². The molecule has 1 aliphatic rings. The van der Waals surface area contributed by atoms with Crippen molar-refractivity contribution in [2.75, 3.05) is 30.1 Å². The SMILES string of the molecule is CC(C)Oc1ccc(NS(=O)(=O)CC(=O)NCCC2CCNC2)cc1. The van der Waals surface area contributed by atoms with Gasteiger partial charge < -0.3 is 15.4 Å². The molecule has 1 amide bonds. The van der Waals surface area contributed by atoms with Gasteiger partial charge in [0.05, 0.1) is 6.10 Å². The molecule has 1 fully saturated rings. The molecule has 1 saturated heterocycles. The van der Waals surface area contributed by atoms with Crippen molar-refractivity contribution in [1.29, 1.82) is 0 Å². The summed E-state index contributed by atoms with van der Waals surface area (Å²) in [7, 11) is -3.73. The van der Waals surface area contributed by atoms with Gasteiger partial charge in [-0.1, -0.05) is 0 Å². The molecule has 1 atom stereocenters. The van der Waals surface area contributed by atoms with Gasteiger partial charge in [0, 0.05) is 12.2 Å². The lowest BCUT2D eigenvalue weighted by molar-refractivity contribution is -0.118. The summed E-state index contributed by atoms with van der Waals surface area (Å²) in [6.07, 6.45) is 2.02. The number of rotatable bonds is 9. The van der Waals surface area contributed by atoms with E-state index in [0.717, 1.165) is 25.9 Å². The predicted octanol–water partition coefficient (Wildman–Crippen LogP) is 1.33. The monoisotopic (exact) mass is 369 g/mol. The average molecular weight is 369 g/mol. The third-order valence-corrected chi connectivity index (χ3v) is 5.05. The van der Waals surface area contributed by atoms with E-state index < -0.39 is 21.7 Å². The zero-order chi connectivity index (χ0) is 18.3. The second-order valence-electron chi connectivity index (χ2n) is 6.55. The maximum absolute atomic E-state index is 12.1. The summed E-state index contributed by atoms with van der Waals surface area (Å²) in [5.41, 5.74) is 0.404. The molecule has 0 aromatic heterocycles. The molecule has 0 radical (unpaired) electrons. The summed E-state index contributed by atoms with van der Waals surface area (Å²) >= 11 is 0. The summed E-state index contributed by atoms with van der Waals surface area (Å²) in [5, 5.41) is 5.94. The predicted molar refractivity (Wildman–Crippen MR) is 98.2 cm³/mol. The smallest absolute Gasteiger partial charge is 0.241 e. The van der Waals surface area contributed by atoms with Gasteiger partial charge in [0.2, 0.25) is 15.9 Å². The first kappa shape index (κ1) is 19.5. The van der Waals surface area contributed by atoms with Crippen LogP contribution < -0.4 is 20.1 Å². The molecule has 7 nitrogen and oxygen atoms in total. The van der Waals surface area contributed by atoms with Crippen molar-refractivity contribution in [1.82, 2.24) is 10.6 Å². The third kappa shape index (κ3) is 7.31. The number of amides is 1. The first-order chi connectivity index (χ1) is 11.8. The quantitative estimate of drug-likeness (QED) is 0.610. The largest absolute Gasteiger partial charge is 0.491 e. The Balaban J connectivity index is 1.76. The molecule has 1 aromatic carbocycles. The number of ether oxygens (including phenoxy) is 1. The highest BCUT2D eigenvalue weighted by Gasteiger charge is 2.18. The van der Waals surface area contributed by atoms with Crippen molar-refractivity contribution >= 4 is 21.6 Å². The molecule has 1 aliphatic heterocycles. The molecule has 8 heteroatoms. The lowest BCUT2D eigenvalue weighted by atomic mass is 10.1. The standard InChI is InChI=1S/C17H27N3O4S/c1-13(2)24-16-5-3-15(4-6-16)20-25(22,23)12-17(21)19-10-8-14-7-9-18-11-14/h3-6,13-14,18,20H,7-12H2,1-2H3,(H,19,21). The highest BCUT2D eigenvalue weighted by Crippen LogP contribution is 2.18. The Bertz CT molecular complexity index is 653. The maximum atomic E-state index is 12.1. The van der Waals surface area contributed by atoms with Crippen molar-refractivity contribution in [2.24, 2.45) is 5.92 Å². The molecule has 0 aliphatic carbocycles. The van der Waals surface area contributed by atoms with Crippen LogP contribution in [0.2, 0.25) is 0 Å². The topological polar surface area (TPSA) is 96.5 Å². The van der Waals surface area contributed by atoms with E-state index >= 15 is 0 Å². The summed E-state index contributed by atoms with van der Waals surface area (Å²) in [4.78, 5) is 11.8. The molecule has 2 rings (SSSR count). The van der Waals surface area contributed by atoms with E-state index in [-0.39, 0.29) is 6.10 Å². The zero-order valence-corrected chi connectivity index (χ0v) is 15.6. The molecular formula is C17H27N3O4S. The van der Waals surface area contributed by atoms with E-state index in [9.17, 15) is 13.2 Å². The van der Waals surface area contributed by atoms with Gasteiger partial charge in [-0.3, -0.25) is 9.52 Å². The van der Waals surface area contributed by atoms with E-state index in [4.69, 9.17) is 4.74 Å². The van der Waals surface area contributed by atoms with Crippen molar-refractivity contribution in [3.8, 4) is 5.75 Å². The van der Waals surface area contributed by atoms with E-state index in [1.54, 1.807) is 24.3 Å². The van der Waals surface area contributed by atoms with Crippen LogP contribution in [0.4, 0.5) is 5.69 Å². The summed E-state index contributed by atoms with van der Waals surface area (Å²) in [6.45, 7) is 6.31. The van der Waals surface area contributed by atoms with Crippen LogP contribution in [0, 0.1) is 5.92 Å². The van der Waals surface area contributed by atoms with Gasteiger partial charge >= 0.3 is 0 Å². The van der Waals surface area contributed by atoms with E-state index in [1.807, 2.05) is 13.8 Å². The molecular weight excluding hydrogens is 342 g/mol. The van der Waals surface area contributed by atoms with E-state index in [0.29, 0.717) is 23.9 Å². The maximum Gasteiger partial charge on any atom is 0.241 e. The fourth-order valence-electron chi connectivity index (χ4n) is 2.69. The number of hydrogen-bond donors (Lipinski definition) is 3. The van der Waals surface area contributed by atoms with Crippen molar-refractivity contribution in [2.45, 2.75) is 32.8 Å². The first-order valence-electron chi connectivity index (χ1n) is 8.59. The van der Waals surface area contributed by atoms with Crippen LogP contribution in [-0.4, -0.2) is 45.8 Å². The Morgan fingerprint density at radius 1 is 1.32 bits per heavy atom. The van der Waals surface area contributed by atoms with Gasteiger partial charge in [-0.25, -0.2) is 8.42 Å². The Labute approximate surface area is 149 Å². The van der Waals surface area contributed by atoms with Crippen LogP contribution in [-0.2, 0) is 14.8 Å². The van der Waals surface area contributed by atoms with Gasteiger partial charge in [-0.05, 0) is 70.0 Å². The fourth-order valence-corrected chi connectivity index (χ4v) is 3.70. The molecule has 140 valence electrons. The van der Waals surface area contributed by atoms with Gasteiger partial charge in [0.1, 0.15) is 11.5 Å². The van der Waals surface area contributed by atoms with Gasteiger partial charge in [0.25, 0.3) is 0 Å². The zero-order valence-electron chi connectivity index (χ0n) is 14.7. The minimum absolute atomic E-state index is 0.0475. The number of nitrogens with one attached hydrogen (secondary N) is 3. The fraction of sp³-hybridized carbons (Fsp3) is 0.588. The molecule has 3 N–H and O–H groups in total. The molecule has 25 heavy (non-hydrogen) atoms. The number of anilines is 1. The van der Waals surface area contributed by atoms with Crippen LogP contribution in [0.25, 0.3) is 0 Å². The Morgan fingerprint density at radius 3 is 2.64 bits per heavy atom. The molecule has 0 bridgehead atoms. The molecule has 0 saturated carbocycles. The van der Waals surface area contributed by atoms with Gasteiger partial charge in [0.15, 0.2) is 0 Å². The first-order valence-corrected chi connectivity index (χ1v) is 10.2. The molecule has 0 spiro atoms. The van der Waals surface area contributed by atoms with Crippen molar-refractivity contribution in [3.63, 3.8) is 0 Å². The van der Waals surface area contributed by atoms with Crippen LogP contribution in [0.5, 0.6) is 5.75 Å². The number of hydrogen-bond acceptors (Lipinski definition) is 5. The lowest BCUT2D eigenvalue weighted by Gasteiger charge is -2.12. The second kappa shape index (κ2) is 9.05. The minimum atomic E-state index is -3.73. The molecule has 1 unspecified atom stereocenters. The van der Waals surface area contributed by atoms with E-state index in [1.165, 1.54) is 0 Å². The van der Waals surface area contributed by atoms with E-state index in [2.05, 4.69) is 15.4 Å². The van der Waals surface area contributed by atoms with Crippen molar-refractivity contribution < 1.29 is 17.9 Å². The Hall–Kier alpha value is -1.80. The summed E-state index contributed by atoms with van der Waals surface area (Å²) in [5.74, 6) is 0.150. The van der Waals surface area contributed by atoms with Crippen LogP contribution in [0.3, 0.4) is 0 Å². The number of benzene rings is 1.